The molecule has 0 atom stereocenters. The van der Waals surface area contributed by atoms with E-state index in [9.17, 15) is 13.6 Å². The Bertz CT molecular complexity index is 408. The van der Waals surface area contributed by atoms with Gasteiger partial charge in [0.25, 0.3) is 0 Å². The van der Waals surface area contributed by atoms with Crippen molar-refractivity contribution in [3.63, 3.8) is 0 Å². The van der Waals surface area contributed by atoms with Crippen molar-refractivity contribution in [1.29, 1.82) is 0 Å². The van der Waals surface area contributed by atoms with Gasteiger partial charge in [0, 0.05) is 11.6 Å². The standard InChI is InChI=1S/C14H17F2NO/c15-12-7-4-8-13(16)11(12)9-14(18)17-10-5-2-1-3-6-10/h4,7-8,10H,1-3,5-6,9H2,(H,17,18). The van der Waals surface area contributed by atoms with E-state index in [1.807, 2.05) is 0 Å². The number of benzene rings is 1. The minimum absolute atomic E-state index is 0.147. The monoisotopic (exact) mass is 253 g/mol. The molecule has 1 aromatic rings. The molecule has 1 saturated carbocycles. The van der Waals surface area contributed by atoms with Crippen LogP contribution in [0.4, 0.5) is 8.78 Å². The number of hydrogen-bond donors (Lipinski definition) is 1. The molecule has 98 valence electrons. The lowest BCUT2D eigenvalue weighted by molar-refractivity contribution is -0.121. The number of carbonyl (C=O) groups is 1. The third-order valence-corrected chi connectivity index (χ3v) is 3.37. The summed E-state index contributed by atoms with van der Waals surface area (Å²) in [6.45, 7) is 0. The predicted octanol–water partition coefficient (Wildman–Crippen LogP) is 2.96. The lowest BCUT2D eigenvalue weighted by Crippen LogP contribution is -2.37. The number of rotatable bonds is 3. The zero-order chi connectivity index (χ0) is 13.0. The minimum atomic E-state index is -0.659. The van der Waals surface area contributed by atoms with Gasteiger partial charge >= 0.3 is 0 Å². The maximum atomic E-state index is 13.4. The van der Waals surface area contributed by atoms with Crippen LogP contribution >= 0.6 is 0 Å². The number of nitrogens with one attached hydrogen (secondary N) is 1. The minimum Gasteiger partial charge on any atom is -0.353 e. The highest BCUT2D eigenvalue weighted by Gasteiger charge is 2.18. The van der Waals surface area contributed by atoms with E-state index >= 15 is 0 Å². The second kappa shape index (κ2) is 5.94. The van der Waals surface area contributed by atoms with Crippen LogP contribution in [0, 0.1) is 11.6 Å². The fraction of sp³-hybridized carbons (Fsp3) is 0.500. The van der Waals surface area contributed by atoms with Crippen molar-refractivity contribution in [2.75, 3.05) is 0 Å². The molecule has 0 spiro atoms. The molecule has 0 bridgehead atoms. The first-order valence-corrected chi connectivity index (χ1v) is 6.39. The van der Waals surface area contributed by atoms with Crippen molar-refractivity contribution in [3.8, 4) is 0 Å². The smallest absolute Gasteiger partial charge is 0.224 e. The highest BCUT2D eigenvalue weighted by molar-refractivity contribution is 5.79. The molecule has 1 aliphatic carbocycles. The van der Waals surface area contributed by atoms with Gasteiger partial charge < -0.3 is 5.32 Å². The van der Waals surface area contributed by atoms with Crippen LogP contribution in [-0.2, 0) is 11.2 Å². The van der Waals surface area contributed by atoms with Gasteiger partial charge in [0.1, 0.15) is 11.6 Å². The van der Waals surface area contributed by atoms with Crippen molar-refractivity contribution < 1.29 is 13.6 Å². The SMILES string of the molecule is O=C(Cc1c(F)cccc1F)NC1CCCCC1. The molecule has 18 heavy (non-hydrogen) atoms. The first-order chi connectivity index (χ1) is 8.66. The molecule has 1 amide bonds. The molecule has 0 radical (unpaired) electrons. The van der Waals surface area contributed by atoms with E-state index in [2.05, 4.69) is 5.32 Å². The molecule has 1 aromatic carbocycles. The summed E-state index contributed by atoms with van der Waals surface area (Å²) < 4.78 is 26.7. The van der Waals surface area contributed by atoms with E-state index in [0.29, 0.717) is 0 Å². The van der Waals surface area contributed by atoms with Gasteiger partial charge in [-0.2, -0.15) is 0 Å². The van der Waals surface area contributed by atoms with E-state index in [4.69, 9.17) is 0 Å². The molecule has 2 nitrogen and oxygen atoms in total. The zero-order valence-electron chi connectivity index (χ0n) is 10.2. The lowest BCUT2D eigenvalue weighted by atomic mass is 9.95. The maximum absolute atomic E-state index is 13.4. The number of amides is 1. The molecular weight excluding hydrogens is 236 g/mol. The molecule has 1 N–H and O–H groups in total. The highest BCUT2D eigenvalue weighted by Crippen LogP contribution is 2.18. The molecule has 1 aliphatic rings. The summed E-state index contributed by atoms with van der Waals surface area (Å²) in [7, 11) is 0. The second-order valence-electron chi connectivity index (χ2n) is 4.78. The Kier molecular flexibility index (Phi) is 4.28. The van der Waals surface area contributed by atoms with Crippen LogP contribution < -0.4 is 5.32 Å². The summed E-state index contributed by atoms with van der Waals surface area (Å²) in [5.41, 5.74) is -0.147. The Hall–Kier alpha value is -1.45. The first kappa shape index (κ1) is 13.0. The van der Waals surface area contributed by atoms with Crippen LogP contribution in [0.15, 0.2) is 18.2 Å². The van der Waals surface area contributed by atoms with E-state index in [0.717, 1.165) is 25.7 Å². The Morgan fingerprint density at radius 2 is 1.78 bits per heavy atom. The van der Waals surface area contributed by atoms with Gasteiger partial charge in [0.05, 0.1) is 6.42 Å². The van der Waals surface area contributed by atoms with Gasteiger partial charge in [-0.3, -0.25) is 4.79 Å². The Labute approximate surface area is 105 Å². The van der Waals surface area contributed by atoms with E-state index < -0.39 is 11.6 Å². The fourth-order valence-electron chi connectivity index (χ4n) is 2.39. The van der Waals surface area contributed by atoms with Crippen molar-refractivity contribution in [1.82, 2.24) is 5.32 Å². The summed E-state index contributed by atoms with van der Waals surface area (Å²) in [4.78, 5) is 11.7. The van der Waals surface area contributed by atoms with Gasteiger partial charge in [0.2, 0.25) is 5.91 Å². The van der Waals surface area contributed by atoms with Crippen LogP contribution in [0.3, 0.4) is 0 Å². The lowest BCUT2D eigenvalue weighted by Gasteiger charge is -2.22. The molecule has 1 fully saturated rings. The number of hydrogen-bond acceptors (Lipinski definition) is 1. The maximum Gasteiger partial charge on any atom is 0.224 e. The molecule has 4 heteroatoms. The van der Waals surface area contributed by atoms with Crippen LogP contribution in [0.5, 0.6) is 0 Å². The molecule has 0 saturated heterocycles. The van der Waals surface area contributed by atoms with E-state index in [1.165, 1.54) is 24.6 Å². The van der Waals surface area contributed by atoms with Gasteiger partial charge in [0.15, 0.2) is 0 Å². The molecule has 0 heterocycles. The fourth-order valence-corrected chi connectivity index (χ4v) is 2.39. The summed E-state index contributed by atoms with van der Waals surface area (Å²) in [6, 6.07) is 3.81. The van der Waals surface area contributed by atoms with Crippen molar-refractivity contribution >= 4 is 5.91 Å². The quantitative estimate of drug-likeness (QED) is 0.881. The summed E-state index contributed by atoms with van der Waals surface area (Å²) in [5.74, 6) is -1.62. The topological polar surface area (TPSA) is 29.1 Å². The zero-order valence-corrected chi connectivity index (χ0v) is 10.2. The van der Waals surface area contributed by atoms with Crippen molar-refractivity contribution in [2.45, 2.75) is 44.6 Å². The Morgan fingerprint density at radius 1 is 1.17 bits per heavy atom. The average Bonchev–Trinajstić information content (AvgIpc) is 2.35. The van der Waals surface area contributed by atoms with Crippen LogP contribution in [-0.4, -0.2) is 11.9 Å². The van der Waals surface area contributed by atoms with E-state index in [-0.39, 0.29) is 23.9 Å². The predicted molar refractivity (Wildman–Crippen MR) is 65.1 cm³/mol. The van der Waals surface area contributed by atoms with Gasteiger partial charge in [-0.25, -0.2) is 8.78 Å². The normalized spacial score (nSPS) is 16.6. The highest BCUT2D eigenvalue weighted by atomic mass is 19.1. The third kappa shape index (κ3) is 3.28. The summed E-state index contributed by atoms with van der Waals surface area (Å²) in [5, 5.41) is 2.85. The second-order valence-corrected chi connectivity index (χ2v) is 4.78. The summed E-state index contributed by atoms with van der Waals surface area (Å²) >= 11 is 0. The van der Waals surface area contributed by atoms with Crippen molar-refractivity contribution in [3.05, 3.63) is 35.4 Å². The molecule has 0 aromatic heterocycles. The summed E-state index contributed by atoms with van der Waals surface area (Å²) in [6.07, 6.45) is 5.12. The van der Waals surface area contributed by atoms with Gasteiger partial charge in [-0.05, 0) is 25.0 Å². The number of carbonyl (C=O) groups excluding carboxylic acids is 1. The molecule has 0 unspecified atom stereocenters. The van der Waals surface area contributed by atoms with E-state index in [1.54, 1.807) is 0 Å². The molecular formula is C14H17F2NO. The van der Waals surface area contributed by atoms with Crippen LogP contribution in [0.2, 0.25) is 0 Å². The Morgan fingerprint density at radius 3 is 2.39 bits per heavy atom. The number of halogens is 2. The Balaban J connectivity index is 1.94. The van der Waals surface area contributed by atoms with Crippen LogP contribution in [0.1, 0.15) is 37.7 Å². The molecule has 2 rings (SSSR count). The third-order valence-electron chi connectivity index (χ3n) is 3.37. The van der Waals surface area contributed by atoms with Crippen LogP contribution in [0.25, 0.3) is 0 Å². The largest absolute Gasteiger partial charge is 0.353 e. The van der Waals surface area contributed by atoms with Crippen molar-refractivity contribution in [2.24, 2.45) is 0 Å². The van der Waals surface area contributed by atoms with Gasteiger partial charge in [-0.1, -0.05) is 25.3 Å². The molecule has 0 aliphatic heterocycles. The van der Waals surface area contributed by atoms with Gasteiger partial charge in [-0.15, -0.1) is 0 Å². The first-order valence-electron chi connectivity index (χ1n) is 6.39. The average molecular weight is 253 g/mol.